The van der Waals surface area contributed by atoms with Gasteiger partial charge in [0.15, 0.2) is 0 Å². The number of ether oxygens (including phenoxy) is 1. The molecule has 1 N–H and O–H groups in total. The molecule has 5 nitrogen and oxygen atoms in total. The van der Waals surface area contributed by atoms with Gasteiger partial charge in [-0.25, -0.2) is 4.79 Å². The standard InChI is InChI=1S/C21H21N3O2/c25-21(24-14-5-9-16-6-1-2-10-18(16)24)23-13-15-26-19-11-3-7-17-8-4-12-22-20(17)19/h1-4,6-8,10-12H,5,9,13-15H2,(H,23,25). The third-order valence-electron chi connectivity index (χ3n) is 4.59. The first kappa shape index (κ1) is 16.4. The zero-order valence-electron chi connectivity index (χ0n) is 14.5. The van der Waals surface area contributed by atoms with Gasteiger partial charge in [-0.15, -0.1) is 0 Å². The number of amides is 2. The number of nitrogens with zero attached hydrogens (tertiary/aromatic N) is 2. The minimum Gasteiger partial charge on any atom is -0.489 e. The van der Waals surface area contributed by atoms with E-state index in [0.29, 0.717) is 13.2 Å². The molecule has 0 radical (unpaired) electrons. The number of fused-ring (bicyclic) bond motifs is 2. The Bertz CT molecular complexity index is 921. The van der Waals surface area contributed by atoms with Crippen LogP contribution >= 0.6 is 0 Å². The number of rotatable bonds is 4. The number of para-hydroxylation sites is 2. The van der Waals surface area contributed by atoms with Crippen LogP contribution in [0.5, 0.6) is 5.75 Å². The third-order valence-corrected chi connectivity index (χ3v) is 4.59. The van der Waals surface area contributed by atoms with E-state index in [1.165, 1.54) is 5.56 Å². The van der Waals surface area contributed by atoms with Crippen LogP contribution in [0.1, 0.15) is 12.0 Å². The van der Waals surface area contributed by atoms with Crippen molar-refractivity contribution in [1.82, 2.24) is 10.3 Å². The highest BCUT2D eigenvalue weighted by atomic mass is 16.5. The Labute approximate surface area is 152 Å². The molecule has 0 saturated carbocycles. The number of anilines is 1. The first-order valence-corrected chi connectivity index (χ1v) is 8.93. The monoisotopic (exact) mass is 347 g/mol. The Morgan fingerprint density at radius 1 is 1.12 bits per heavy atom. The Kier molecular flexibility index (Phi) is 4.69. The zero-order valence-corrected chi connectivity index (χ0v) is 14.5. The molecule has 26 heavy (non-hydrogen) atoms. The molecule has 5 heteroatoms. The normalized spacial score (nSPS) is 13.3. The van der Waals surface area contributed by atoms with Gasteiger partial charge in [0, 0.05) is 23.8 Å². The molecule has 1 aliphatic rings. The third kappa shape index (κ3) is 3.33. The van der Waals surface area contributed by atoms with E-state index in [4.69, 9.17) is 4.74 Å². The highest BCUT2D eigenvalue weighted by Crippen LogP contribution is 2.26. The lowest BCUT2D eigenvalue weighted by molar-refractivity contribution is 0.241. The predicted molar refractivity (Wildman–Crippen MR) is 103 cm³/mol. The lowest BCUT2D eigenvalue weighted by Gasteiger charge is -2.29. The first-order valence-electron chi connectivity index (χ1n) is 8.93. The smallest absolute Gasteiger partial charge is 0.321 e. The topological polar surface area (TPSA) is 54.5 Å². The second-order valence-electron chi connectivity index (χ2n) is 6.30. The van der Waals surface area contributed by atoms with Crippen LogP contribution in [0.4, 0.5) is 10.5 Å². The van der Waals surface area contributed by atoms with E-state index in [1.807, 2.05) is 53.4 Å². The largest absolute Gasteiger partial charge is 0.489 e. The number of urea groups is 1. The molecule has 0 unspecified atom stereocenters. The van der Waals surface area contributed by atoms with Crippen LogP contribution < -0.4 is 15.0 Å². The van der Waals surface area contributed by atoms with E-state index in [2.05, 4.69) is 16.4 Å². The number of carbonyl (C=O) groups excluding carboxylic acids is 1. The van der Waals surface area contributed by atoms with E-state index in [-0.39, 0.29) is 6.03 Å². The number of hydrogen-bond donors (Lipinski definition) is 1. The molecule has 2 heterocycles. The van der Waals surface area contributed by atoms with Gasteiger partial charge >= 0.3 is 6.03 Å². The van der Waals surface area contributed by atoms with Gasteiger partial charge in [0.2, 0.25) is 0 Å². The summed E-state index contributed by atoms with van der Waals surface area (Å²) in [5.41, 5.74) is 3.08. The maximum absolute atomic E-state index is 12.5. The predicted octanol–water partition coefficient (Wildman–Crippen LogP) is 3.78. The minimum absolute atomic E-state index is 0.0724. The quantitative estimate of drug-likeness (QED) is 0.731. The number of pyridine rings is 1. The number of hydrogen-bond acceptors (Lipinski definition) is 3. The summed E-state index contributed by atoms with van der Waals surface area (Å²) in [6, 6.07) is 17.8. The van der Waals surface area contributed by atoms with Gasteiger partial charge in [-0.2, -0.15) is 0 Å². The molecular weight excluding hydrogens is 326 g/mol. The average molecular weight is 347 g/mol. The highest BCUT2D eigenvalue weighted by Gasteiger charge is 2.21. The van der Waals surface area contributed by atoms with Gasteiger partial charge in [-0.1, -0.05) is 36.4 Å². The van der Waals surface area contributed by atoms with E-state index < -0.39 is 0 Å². The second-order valence-corrected chi connectivity index (χ2v) is 6.30. The van der Waals surface area contributed by atoms with Crippen molar-refractivity contribution in [1.29, 1.82) is 0 Å². The summed E-state index contributed by atoms with van der Waals surface area (Å²) in [6.07, 6.45) is 3.77. The van der Waals surface area contributed by atoms with Gasteiger partial charge < -0.3 is 10.1 Å². The van der Waals surface area contributed by atoms with Crippen molar-refractivity contribution in [2.45, 2.75) is 12.8 Å². The average Bonchev–Trinajstić information content (AvgIpc) is 2.70. The number of benzene rings is 2. The van der Waals surface area contributed by atoms with Gasteiger partial charge in [-0.3, -0.25) is 9.88 Å². The number of carbonyl (C=O) groups is 1. The van der Waals surface area contributed by atoms with Crippen molar-refractivity contribution >= 4 is 22.6 Å². The van der Waals surface area contributed by atoms with Crippen molar-refractivity contribution in [3.05, 3.63) is 66.4 Å². The van der Waals surface area contributed by atoms with Crippen LogP contribution in [-0.4, -0.2) is 30.7 Å². The van der Waals surface area contributed by atoms with Gasteiger partial charge in [0.25, 0.3) is 0 Å². The molecule has 0 fully saturated rings. The minimum atomic E-state index is -0.0724. The summed E-state index contributed by atoms with van der Waals surface area (Å²) < 4.78 is 5.83. The summed E-state index contributed by atoms with van der Waals surface area (Å²) in [6.45, 7) is 1.59. The Balaban J connectivity index is 1.35. The SMILES string of the molecule is O=C(NCCOc1cccc2cccnc12)N1CCCc2ccccc21. The molecule has 0 saturated heterocycles. The molecule has 2 amide bonds. The fraction of sp³-hybridized carbons (Fsp3) is 0.238. The molecule has 3 aromatic rings. The highest BCUT2D eigenvalue weighted by molar-refractivity contribution is 5.93. The van der Waals surface area contributed by atoms with E-state index in [9.17, 15) is 4.79 Å². The number of nitrogens with one attached hydrogen (secondary N) is 1. The lowest BCUT2D eigenvalue weighted by atomic mass is 10.0. The van der Waals surface area contributed by atoms with Crippen LogP contribution in [0.25, 0.3) is 10.9 Å². The maximum atomic E-state index is 12.5. The molecule has 0 atom stereocenters. The molecule has 2 aromatic carbocycles. The molecule has 1 aromatic heterocycles. The van der Waals surface area contributed by atoms with Crippen molar-refractivity contribution in [3.8, 4) is 5.75 Å². The summed E-state index contributed by atoms with van der Waals surface area (Å²) in [7, 11) is 0. The molecule has 4 rings (SSSR count). The van der Waals surface area contributed by atoms with Crippen LogP contribution in [0.2, 0.25) is 0 Å². The fourth-order valence-corrected chi connectivity index (χ4v) is 3.35. The maximum Gasteiger partial charge on any atom is 0.321 e. The molecule has 1 aliphatic heterocycles. The van der Waals surface area contributed by atoms with Crippen molar-refractivity contribution in [2.75, 3.05) is 24.6 Å². The van der Waals surface area contributed by atoms with Crippen LogP contribution in [0.15, 0.2) is 60.8 Å². The molecule has 132 valence electrons. The van der Waals surface area contributed by atoms with Gasteiger partial charge in [0.05, 0.1) is 6.54 Å². The molecule has 0 aliphatic carbocycles. The Morgan fingerprint density at radius 3 is 2.96 bits per heavy atom. The summed E-state index contributed by atoms with van der Waals surface area (Å²) >= 11 is 0. The lowest BCUT2D eigenvalue weighted by Crippen LogP contribution is -2.44. The van der Waals surface area contributed by atoms with Crippen molar-refractivity contribution in [2.24, 2.45) is 0 Å². The van der Waals surface area contributed by atoms with E-state index >= 15 is 0 Å². The van der Waals surface area contributed by atoms with Gasteiger partial charge in [-0.05, 0) is 36.6 Å². The molecule has 0 spiro atoms. The zero-order chi connectivity index (χ0) is 17.8. The summed E-state index contributed by atoms with van der Waals surface area (Å²) in [5, 5.41) is 3.99. The van der Waals surface area contributed by atoms with Crippen molar-refractivity contribution < 1.29 is 9.53 Å². The van der Waals surface area contributed by atoms with Crippen LogP contribution in [0, 0.1) is 0 Å². The molecule has 0 bridgehead atoms. The molecular formula is C21H21N3O2. The fourth-order valence-electron chi connectivity index (χ4n) is 3.35. The van der Waals surface area contributed by atoms with E-state index in [1.54, 1.807) is 6.20 Å². The van der Waals surface area contributed by atoms with Crippen LogP contribution in [-0.2, 0) is 6.42 Å². The Morgan fingerprint density at radius 2 is 2.00 bits per heavy atom. The van der Waals surface area contributed by atoms with Crippen molar-refractivity contribution in [3.63, 3.8) is 0 Å². The second kappa shape index (κ2) is 7.44. The Hall–Kier alpha value is -3.08. The first-order chi connectivity index (χ1) is 12.8. The van der Waals surface area contributed by atoms with Crippen LogP contribution in [0.3, 0.4) is 0 Å². The summed E-state index contributed by atoms with van der Waals surface area (Å²) in [5.74, 6) is 0.737. The number of aromatic nitrogens is 1. The van der Waals surface area contributed by atoms with E-state index in [0.717, 1.165) is 41.7 Å². The summed E-state index contributed by atoms with van der Waals surface area (Å²) in [4.78, 5) is 18.7. The number of aryl methyl sites for hydroxylation is 1. The van der Waals surface area contributed by atoms with Gasteiger partial charge in [0.1, 0.15) is 17.9 Å².